The summed E-state index contributed by atoms with van der Waals surface area (Å²) in [6.45, 7) is 0. The molecule has 0 atom stereocenters. The van der Waals surface area contributed by atoms with E-state index in [-0.39, 0.29) is 75.4 Å². The molecule has 5 heteroatoms. The molecule has 0 unspecified atom stereocenters. The first-order valence-corrected chi connectivity index (χ1v) is 5.87. The third-order valence-corrected chi connectivity index (χ3v) is 0. The van der Waals surface area contributed by atoms with Gasteiger partial charge in [-0.2, -0.15) is 0 Å². The molecule has 0 nitrogen and oxygen atoms in total. The summed E-state index contributed by atoms with van der Waals surface area (Å²) in [7, 11) is 9.75. The van der Waals surface area contributed by atoms with Crippen LogP contribution in [0.2, 0.25) is 0 Å². The van der Waals surface area contributed by atoms with Gasteiger partial charge in [-0.05, 0) is 0 Å². The second-order valence-electron chi connectivity index (χ2n) is 0.0452. The van der Waals surface area contributed by atoms with Crippen LogP contribution in [0.5, 0.6) is 0 Å². The quantitative estimate of drug-likeness (QED) is 0.267. The molecule has 0 fully saturated rings. The monoisotopic (exact) mass is 431 g/mol. The zero-order valence-electron chi connectivity index (χ0n) is 2.45. The fourth-order valence-corrected chi connectivity index (χ4v) is 0. The summed E-state index contributed by atoms with van der Waals surface area (Å²) in [5, 5.41) is 0. The number of halogens is 3. The van der Waals surface area contributed by atoms with Gasteiger partial charge in [0.1, 0.15) is 0 Å². The summed E-state index contributed by atoms with van der Waals surface area (Å²) in [6, 6.07) is 0. The van der Waals surface area contributed by atoms with E-state index in [4.69, 9.17) is 18.8 Å². The molecule has 32 valence electrons. The van der Waals surface area contributed by atoms with Crippen molar-refractivity contribution in [1.29, 1.82) is 0 Å². The molecule has 0 aliphatic carbocycles. The Morgan fingerprint density at radius 3 is 1.20 bits per heavy atom. The van der Waals surface area contributed by atoms with Crippen LogP contribution in [0, 0.1) is 0 Å². The minimum atomic E-state index is -0.472. The SMILES string of the molecule is [Cl][Pt][Cl].[I-].[K+]. The van der Waals surface area contributed by atoms with E-state index < -0.39 is 16.5 Å². The molecule has 0 aromatic carbocycles. The van der Waals surface area contributed by atoms with E-state index >= 15 is 0 Å². The van der Waals surface area contributed by atoms with Crippen LogP contribution in [0.4, 0.5) is 0 Å². The zero-order valence-corrected chi connectivity index (χ0v) is 11.5. The van der Waals surface area contributed by atoms with Crippen LogP contribution in [0.15, 0.2) is 0 Å². The smallest absolute Gasteiger partial charge is 1.00 e. The van der Waals surface area contributed by atoms with Crippen molar-refractivity contribution in [2.75, 3.05) is 0 Å². The van der Waals surface area contributed by atoms with Gasteiger partial charge in [0.05, 0.1) is 0 Å². The molecule has 0 aromatic heterocycles. The molecule has 0 amide bonds. The van der Waals surface area contributed by atoms with E-state index in [1.807, 2.05) is 0 Å². The van der Waals surface area contributed by atoms with Crippen LogP contribution in [0.3, 0.4) is 0 Å². The van der Waals surface area contributed by atoms with Crippen molar-refractivity contribution in [1.82, 2.24) is 0 Å². The minimum absolute atomic E-state index is 0. The number of hydrogen-bond acceptors (Lipinski definition) is 0. The topological polar surface area (TPSA) is 0 Å². The van der Waals surface area contributed by atoms with Crippen molar-refractivity contribution in [3.8, 4) is 0 Å². The summed E-state index contributed by atoms with van der Waals surface area (Å²) in [6.07, 6.45) is 0. The summed E-state index contributed by atoms with van der Waals surface area (Å²) >= 11 is -0.472. The number of hydrogen-bond donors (Lipinski definition) is 0. The fraction of sp³-hybridized carbons (Fsp3) is 0. The van der Waals surface area contributed by atoms with Crippen molar-refractivity contribution >= 4 is 18.8 Å². The van der Waals surface area contributed by atoms with Gasteiger partial charge in [0.2, 0.25) is 0 Å². The Kier molecular flexibility index (Phi) is 49.6. The van der Waals surface area contributed by atoms with Crippen molar-refractivity contribution < 1.29 is 91.8 Å². The van der Waals surface area contributed by atoms with Gasteiger partial charge in [-0.1, -0.05) is 0 Å². The summed E-state index contributed by atoms with van der Waals surface area (Å²) in [4.78, 5) is 0. The third kappa shape index (κ3) is 18.3. The van der Waals surface area contributed by atoms with E-state index in [0.29, 0.717) is 0 Å². The van der Waals surface area contributed by atoms with Crippen LogP contribution in [0.1, 0.15) is 0 Å². The predicted octanol–water partition coefficient (Wildman–Crippen LogP) is -4.62. The molecule has 0 N–H and O–H groups in total. The van der Waals surface area contributed by atoms with Gasteiger partial charge in [0, 0.05) is 0 Å². The average Bonchev–Trinajstić information content (AvgIpc) is 0.918. The molecule has 0 aliphatic heterocycles. The van der Waals surface area contributed by atoms with E-state index in [1.165, 1.54) is 0 Å². The van der Waals surface area contributed by atoms with Gasteiger partial charge in [-0.3, -0.25) is 0 Å². The first-order chi connectivity index (χ1) is 1.41. The summed E-state index contributed by atoms with van der Waals surface area (Å²) in [5.41, 5.74) is 0. The molecule has 5 heavy (non-hydrogen) atoms. The Morgan fingerprint density at radius 1 is 1.20 bits per heavy atom. The fourth-order valence-electron chi connectivity index (χ4n) is 0. The molecule has 0 aliphatic rings. The van der Waals surface area contributed by atoms with Gasteiger partial charge in [0.25, 0.3) is 0 Å². The van der Waals surface area contributed by atoms with E-state index in [9.17, 15) is 0 Å². The largest absolute Gasteiger partial charge is 1.00 e. The Balaban J connectivity index is -0.0000000200. The van der Waals surface area contributed by atoms with Crippen molar-refractivity contribution in [3.63, 3.8) is 0 Å². The van der Waals surface area contributed by atoms with Crippen LogP contribution < -0.4 is 75.4 Å². The first-order valence-electron chi connectivity index (χ1n) is 0.239. The van der Waals surface area contributed by atoms with E-state index in [0.717, 1.165) is 0 Å². The maximum absolute atomic E-state index is 4.88. The molecule has 0 saturated heterocycles. The molecule has 0 rings (SSSR count). The summed E-state index contributed by atoms with van der Waals surface area (Å²) in [5.74, 6) is 0. The van der Waals surface area contributed by atoms with Crippen molar-refractivity contribution in [3.05, 3.63) is 0 Å². The van der Waals surface area contributed by atoms with Crippen LogP contribution >= 0.6 is 18.8 Å². The van der Waals surface area contributed by atoms with Gasteiger partial charge in [-0.25, -0.2) is 0 Å². The zero-order chi connectivity index (χ0) is 2.71. The Hall–Kier alpha value is 3.63. The number of rotatable bonds is 0. The van der Waals surface area contributed by atoms with E-state index in [2.05, 4.69) is 0 Å². The second-order valence-corrected chi connectivity index (χ2v) is 3.33. The maximum atomic E-state index is 4.88. The Bertz CT molecular complexity index is 9.61. The maximum Gasteiger partial charge on any atom is 1.00 e. The predicted molar refractivity (Wildman–Crippen MR) is 11.7 cm³/mol. The summed E-state index contributed by atoms with van der Waals surface area (Å²) < 4.78 is 0. The van der Waals surface area contributed by atoms with Crippen LogP contribution in [-0.4, -0.2) is 0 Å². The van der Waals surface area contributed by atoms with Crippen molar-refractivity contribution in [2.24, 2.45) is 0 Å². The molecule has 0 radical (unpaired) electrons. The Morgan fingerprint density at radius 2 is 1.20 bits per heavy atom. The normalized spacial score (nSPS) is 4.40. The van der Waals surface area contributed by atoms with E-state index in [1.54, 1.807) is 0 Å². The van der Waals surface area contributed by atoms with Gasteiger partial charge >= 0.3 is 86.7 Å². The molecular weight excluding hydrogens is 432 g/mol. The second kappa shape index (κ2) is 15.6. The molecule has 0 saturated carbocycles. The first kappa shape index (κ1) is 15.9. The molecular formula is Cl2IKPt. The van der Waals surface area contributed by atoms with Gasteiger partial charge in [0.15, 0.2) is 0 Å². The van der Waals surface area contributed by atoms with Crippen molar-refractivity contribution in [2.45, 2.75) is 0 Å². The van der Waals surface area contributed by atoms with Crippen LogP contribution in [-0.2, 0) is 16.5 Å². The molecule has 0 aromatic rings. The minimum Gasteiger partial charge on any atom is -1.00 e. The molecule has 0 spiro atoms. The third-order valence-electron chi connectivity index (χ3n) is 0. The average molecular weight is 432 g/mol. The molecule has 0 heterocycles. The van der Waals surface area contributed by atoms with Gasteiger partial charge < -0.3 is 24.0 Å². The standard InChI is InChI=1S/2ClH.HI.K.Pt/h3*1H;;/q;;;+1;+2/p-3. The Labute approximate surface area is 108 Å². The molecule has 0 bridgehead atoms. The van der Waals surface area contributed by atoms with Crippen LogP contribution in [0.25, 0.3) is 0 Å². The van der Waals surface area contributed by atoms with Gasteiger partial charge in [-0.15, -0.1) is 0 Å².